The fraction of sp³-hybridized carbons (Fsp3) is 0.333. The standard InChI is InChI=1S/C18H21N5O3S/c1-18(2)10-23(8-9-26-18)17-14-13(20-11-21-17)15(16(19)22-14)27(24,25)12-6-4-3-5-7-12/h3-7,11,22H,8-10,19H2,1-2H3. The van der Waals surface area contributed by atoms with E-state index in [0.29, 0.717) is 36.5 Å². The van der Waals surface area contributed by atoms with Crippen LogP contribution in [0.1, 0.15) is 13.8 Å². The van der Waals surface area contributed by atoms with E-state index >= 15 is 0 Å². The van der Waals surface area contributed by atoms with Crippen LogP contribution in [0.4, 0.5) is 11.6 Å². The number of nitrogen functional groups attached to an aromatic ring is 1. The Morgan fingerprint density at radius 1 is 1.22 bits per heavy atom. The largest absolute Gasteiger partial charge is 0.384 e. The third-order valence-corrected chi connectivity index (χ3v) is 6.44. The highest BCUT2D eigenvalue weighted by atomic mass is 32.2. The maximum atomic E-state index is 13.1. The molecule has 0 radical (unpaired) electrons. The summed E-state index contributed by atoms with van der Waals surface area (Å²) in [5, 5.41) is 0. The number of H-pyrrole nitrogens is 1. The first-order valence-corrected chi connectivity index (χ1v) is 10.1. The van der Waals surface area contributed by atoms with Gasteiger partial charge >= 0.3 is 0 Å². The Bertz CT molecular complexity index is 1090. The number of nitrogens with one attached hydrogen (secondary N) is 1. The summed E-state index contributed by atoms with van der Waals surface area (Å²) in [5.41, 5.74) is 6.57. The number of hydrogen-bond acceptors (Lipinski definition) is 7. The summed E-state index contributed by atoms with van der Waals surface area (Å²) >= 11 is 0. The number of aromatic amines is 1. The summed E-state index contributed by atoms with van der Waals surface area (Å²) in [6.45, 7) is 5.84. The molecule has 0 atom stereocenters. The number of ether oxygens (including phenoxy) is 1. The zero-order chi connectivity index (χ0) is 19.2. The molecule has 3 heterocycles. The molecule has 0 saturated carbocycles. The highest BCUT2D eigenvalue weighted by molar-refractivity contribution is 7.92. The van der Waals surface area contributed by atoms with Crippen LogP contribution in [0.5, 0.6) is 0 Å². The quantitative estimate of drug-likeness (QED) is 0.706. The van der Waals surface area contributed by atoms with Gasteiger partial charge in [0.05, 0.1) is 17.1 Å². The topological polar surface area (TPSA) is 114 Å². The molecule has 0 spiro atoms. The molecule has 0 bridgehead atoms. The van der Waals surface area contributed by atoms with Crippen molar-refractivity contribution in [3.8, 4) is 0 Å². The average molecular weight is 387 g/mol. The summed E-state index contributed by atoms with van der Waals surface area (Å²) < 4.78 is 32.0. The number of sulfone groups is 1. The number of anilines is 2. The van der Waals surface area contributed by atoms with Gasteiger partial charge in [-0.2, -0.15) is 0 Å². The van der Waals surface area contributed by atoms with E-state index in [1.807, 2.05) is 13.8 Å². The summed E-state index contributed by atoms with van der Waals surface area (Å²) in [4.78, 5) is 13.8. The maximum Gasteiger partial charge on any atom is 0.212 e. The number of nitrogens with two attached hydrogens (primary N) is 1. The van der Waals surface area contributed by atoms with Gasteiger partial charge in [-0.3, -0.25) is 0 Å². The van der Waals surface area contributed by atoms with Crippen molar-refractivity contribution in [2.45, 2.75) is 29.2 Å². The smallest absolute Gasteiger partial charge is 0.212 e. The van der Waals surface area contributed by atoms with Gasteiger partial charge in [-0.1, -0.05) is 18.2 Å². The van der Waals surface area contributed by atoms with Crippen molar-refractivity contribution in [2.75, 3.05) is 30.3 Å². The lowest BCUT2D eigenvalue weighted by molar-refractivity contribution is -0.0278. The molecule has 1 saturated heterocycles. The molecule has 0 unspecified atom stereocenters. The van der Waals surface area contributed by atoms with Crippen LogP contribution in [0, 0.1) is 0 Å². The van der Waals surface area contributed by atoms with Gasteiger partial charge in [0.2, 0.25) is 9.84 Å². The Morgan fingerprint density at radius 2 is 1.96 bits per heavy atom. The van der Waals surface area contributed by atoms with Gasteiger partial charge in [0.25, 0.3) is 0 Å². The monoisotopic (exact) mass is 387 g/mol. The molecule has 2 aromatic heterocycles. The second-order valence-electron chi connectivity index (χ2n) is 7.13. The molecule has 3 N–H and O–H groups in total. The van der Waals surface area contributed by atoms with Crippen molar-refractivity contribution in [3.63, 3.8) is 0 Å². The lowest BCUT2D eigenvalue weighted by Crippen LogP contribution is -2.48. The van der Waals surface area contributed by atoms with Crippen LogP contribution >= 0.6 is 0 Å². The lowest BCUT2D eigenvalue weighted by atomic mass is 10.1. The Morgan fingerprint density at radius 3 is 2.67 bits per heavy atom. The Kier molecular flexibility index (Phi) is 4.08. The fourth-order valence-corrected chi connectivity index (χ4v) is 4.91. The highest BCUT2D eigenvalue weighted by Gasteiger charge is 2.32. The molecular formula is C18H21N5O3S. The van der Waals surface area contributed by atoms with Crippen LogP contribution in [0.3, 0.4) is 0 Å². The molecule has 1 aliphatic heterocycles. The second-order valence-corrected chi connectivity index (χ2v) is 9.02. The Hall–Kier alpha value is -2.65. The lowest BCUT2D eigenvalue weighted by Gasteiger charge is -2.38. The van der Waals surface area contributed by atoms with E-state index in [9.17, 15) is 8.42 Å². The van der Waals surface area contributed by atoms with Crippen molar-refractivity contribution in [2.24, 2.45) is 0 Å². The molecular weight excluding hydrogens is 366 g/mol. The fourth-order valence-electron chi connectivity index (χ4n) is 3.41. The highest BCUT2D eigenvalue weighted by Crippen LogP contribution is 2.35. The predicted molar refractivity (Wildman–Crippen MR) is 102 cm³/mol. The molecule has 9 heteroatoms. The second kappa shape index (κ2) is 6.21. The zero-order valence-corrected chi connectivity index (χ0v) is 16.0. The number of morpholine rings is 1. The molecule has 1 fully saturated rings. The average Bonchev–Trinajstić information content (AvgIpc) is 2.98. The summed E-state index contributed by atoms with van der Waals surface area (Å²) in [5.74, 6) is 0.681. The molecule has 1 aromatic carbocycles. The van der Waals surface area contributed by atoms with Crippen molar-refractivity contribution in [1.82, 2.24) is 15.0 Å². The van der Waals surface area contributed by atoms with Crippen LogP contribution in [0.2, 0.25) is 0 Å². The van der Waals surface area contributed by atoms with Crippen LogP contribution < -0.4 is 10.6 Å². The molecule has 0 aliphatic carbocycles. The molecule has 4 rings (SSSR count). The zero-order valence-electron chi connectivity index (χ0n) is 15.1. The van der Waals surface area contributed by atoms with Gasteiger partial charge in [-0.25, -0.2) is 18.4 Å². The van der Waals surface area contributed by atoms with E-state index in [1.165, 1.54) is 6.33 Å². The molecule has 1 aliphatic rings. The summed E-state index contributed by atoms with van der Waals surface area (Å²) in [6, 6.07) is 8.20. The SMILES string of the molecule is CC1(C)CN(c2ncnc3c(S(=O)(=O)c4ccccc4)c(N)[nH]c23)CCO1. The molecule has 0 amide bonds. The van der Waals surface area contributed by atoms with Crippen molar-refractivity contribution >= 4 is 32.5 Å². The van der Waals surface area contributed by atoms with Crippen molar-refractivity contribution < 1.29 is 13.2 Å². The van der Waals surface area contributed by atoms with Gasteiger partial charge < -0.3 is 20.4 Å². The van der Waals surface area contributed by atoms with E-state index in [1.54, 1.807) is 30.3 Å². The van der Waals surface area contributed by atoms with Gasteiger partial charge in [0, 0.05) is 13.1 Å². The Balaban J connectivity index is 1.87. The summed E-state index contributed by atoms with van der Waals surface area (Å²) in [7, 11) is -3.81. The van der Waals surface area contributed by atoms with Gasteiger partial charge in [0.15, 0.2) is 5.82 Å². The minimum absolute atomic E-state index is 0.0140. The van der Waals surface area contributed by atoms with E-state index < -0.39 is 9.84 Å². The van der Waals surface area contributed by atoms with Gasteiger partial charge in [-0.15, -0.1) is 0 Å². The minimum atomic E-state index is -3.81. The Labute approximate surface area is 157 Å². The molecule has 27 heavy (non-hydrogen) atoms. The first-order chi connectivity index (χ1) is 12.8. The van der Waals surface area contributed by atoms with E-state index in [2.05, 4.69) is 19.9 Å². The number of nitrogens with zero attached hydrogens (tertiary/aromatic N) is 3. The van der Waals surface area contributed by atoms with Crippen LogP contribution in [-0.4, -0.2) is 48.7 Å². The van der Waals surface area contributed by atoms with Gasteiger partial charge in [-0.05, 0) is 26.0 Å². The van der Waals surface area contributed by atoms with Crippen LogP contribution in [-0.2, 0) is 14.6 Å². The molecule has 3 aromatic rings. The number of hydrogen-bond donors (Lipinski definition) is 2. The van der Waals surface area contributed by atoms with Crippen molar-refractivity contribution in [3.05, 3.63) is 36.7 Å². The van der Waals surface area contributed by atoms with Crippen molar-refractivity contribution in [1.29, 1.82) is 0 Å². The molecule has 8 nitrogen and oxygen atoms in total. The minimum Gasteiger partial charge on any atom is -0.384 e. The number of rotatable bonds is 3. The van der Waals surface area contributed by atoms with Crippen LogP contribution in [0.15, 0.2) is 46.5 Å². The molecule has 142 valence electrons. The third kappa shape index (κ3) is 3.02. The number of benzene rings is 1. The van der Waals surface area contributed by atoms with E-state index in [0.717, 1.165) is 0 Å². The van der Waals surface area contributed by atoms with Crippen LogP contribution in [0.25, 0.3) is 11.0 Å². The first kappa shape index (κ1) is 17.7. The summed E-state index contributed by atoms with van der Waals surface area (Å²) in [6.07, 6.45) is 1.37. The third-order valence-electron chi connectivity index (χ3n) is 4.59. The van der Waals surface area contributed by atoms with Gasteiger partial charge in [0.1, 0.15) is 28.1 Å². The first-order valence-electron chi connectivity index (χ1n) is 8.61. The van der Waals surface area contributed by atoms with E-state index in [4.69, 9.17) is 10.5 Å². The van der Waals surface area contributed by atoms with E-state index in [-0.39, 0.29) is 21.2 Å². The number of fused-ring (bicyclic) bond motifs is 1. The predicted octanol–water partition coefficient (Wildman–Crippen LogP) is 1.99. The maximum absolute atomic E-state index is 13.1. The number of aromatic nitrogens is 3. The normalized spacial score (nSPS) is 17.3.